The molecule has 0 saturated heterocycles. The van der Waals surface area contributed by atoms with Crippen LogP contribution in [0.4, 0.5) is 0 Å². The van der Waals surface area contributed by atoms with Crippen molar-refractivity contribution in [3.8, 4) is 0 Å². The number of nitrogens with zero attached hydrogens (tertiary/aromatic N) is 2. The van der Waals surface area contributed by atoms with Crippen molar-refractivity contribution in [2.24, 2.45) is 9.98 Å². The number of hydrogen-bond acceptors (Lipinski definition) is 2. The second-order valence-corrected chi connectivity index (χ2v) is 3.33. The summed E-state index contributed by atoms with van der Waals surface area (Å²) in [6, 6.07) is 0. The van der Waals surface area contributed by atoms with Gasteiger partial charge in [-0.2, -0.15) is 0 Å². The van der Waals surface area contributed by atoms with Gasteiger partial charge in [0.05, 0.1) is 10.3 Å². The first-order chi connectivity index (χ1) is 4.16. The summed E-state index contributed by atoms with van der Waals surface area (Å²) >= 11 is 2.19. The van der Waals surface area contributed by atoms with Crippen LogP contribution in [0.3, 0.4) is 0 Å². The second-order valence-electron chi connectivity index (χ2n) is 1.77. The van der Waals surface area contributed by atoms with Gasteiger partial charge in [0.2, 0.25) is 0 Å². The van der Waals surface area contributed by atoms with Gasteiger partial charge in [-0.05, 0) is 36.4 Å². The summed E-state index contributed by atoms with van der Waals surface area (Å²) in [6.07, 6.45) is 0. The van der Waals surface area contributed by atoms with Crippen LogP contribution < -0.4 is 0 Å². The van der Waals surface area contributed by atoms with Gasteiger partial charge < -0.3 is 0 Å². The lowest BCUT2D eigenvalue weighted by molar-refractivity contribution is 1.25. The molecule has 0 bridgehead atoms. The minimum atomic E-state index is 0.741. The molecule has 9 heavy (non-hydrogen) atoms. The Morgan fingerprint density at radius 3 is 2.33 bits per heavy atom. The highest BCUT2D eigenvalue weighted by molar-refractivity contribution is 14.1. The van der Waals surface area contributed by atoms with Gasteiger partial charge in [0.15, 0.2) is 0 Å². The highest BCUT2D eigenvalue weighted by Gasteiger charge is 1.84. The zero-order chi connectivity index (χ0) is 7.28. The molecule has 0 aliphatic carbocycles. The standard InChI is InChI=1S/C6H11IN2/c1-5(8-3)4-9-6(2)7/h4H2,1-3H3. The van der Waals surface area contributed by atoms with Crippen LogP contribution in [-0.2, 0) is 0 Å². The van der Waals surface area contributed by atoms with Crippen LogP contribution in [0.15, 0.2) is 9.98 Å². The highest BCUT2D eigenvalue weighted by atomic mass is 127. The molecule has 0 aromatic rings. The van der Waals surface area contributed by atoms with E-state index in [4.69, 9.17) is 0 Å². The molecule has 0 aromatic carbocycles. The SMILES string of the molecule is CN=C(C)CN=C(C)I. The molecular formula is C6H11IN2. The Morgan fingerprint density at radius 1 is 1.44 bits per heavy atom. The molecule has 52 valence electrons. The summed E-state index contributed by atoms with van der Waals surface area (Å²) in [5.41, 5.74) is 1.08. The second kappa shape index (κ2) is 4.90. The first-order valence-corrected chi connectivity index (χ1v) is 3.83. The summed E-state index contributed by atoms with van der Waals surface area (Å²) < 4.78 is 1.08. The van der Waals surface area contributed by atoms with Gasteiger partial charge in [-0.15, -0.1) is 0 Å². The monoisotopic (exact) mass is 238 g/mol. The lowest BCUT2D eigenvalue weighted by atomic mass is 10.4. The Balaban J connectivity index is 3.64. The van der Waals surface area contributed by atoms with Gasteiger partial charge in [-0.25, -0.2) is 0 Å². The fourth-order valence-corrected chi connectivity index (χ4v) is 0.465. The zero-order valence-electron chi connectivity index (χ0n) is 5.98. The molecule has 0 aliphatic rings. The molecule has 0 fully saturated rings. The third-order valence-corrected chi connectivity index (χ3v) is 1.25. The molecule has 0 spiro atoms. The third kappa shape index (κ3) is 5.95. The third-order valence-electron chi connectivity index (χ3n) is 0.907. The predicted octanol–water partition coefficient (Wildman–Crippen LogP) is 1.93. The Kier molecular flexibility index (Phi) is 4.94. The molecule has 0 unspecified atom stereocenters. The largest absolute Gasteiger partial charge is 0.296 e. The van der Waals surface area contributed by atoms with E-state index in [-0.39, 0.29) is 0 Å². The van der Waals surface area contributed by atoms with Crippen molar-refractivity contribution >= 4 is 32.0 Å². The maximum atomic E-state index is 4.17. The molecule has 0 atom stereocenters. The first-order valence-electron chi connectivity index (χ1n) is 2.75. The van der Waals surface area contributed by atoms with E-state index in [0.29, 0.717) is 0 Å². The fourth-order valence-electron chi connectivity index (χ4n) is 0.294. The molecular weight excluding hydrogens is 227 g/mol. The normalized spacial score (nSPS) is 14.2. The topological polar surface area (TPSA) is 24.7 Å². The molecule has 0 radical (unpaired) electrons. The van der Waals surface area contributed by atoms with Crippen molar-refractivity contribution in [2.45, 2.75) is 13.8 Å². The molecule has 0 aliphatic heterocycles. The molecule has 0 aromatic heterocycles. The first kappa shape index (κ1) is 9.07. The van der Waals surface area contributed by atoms with Crippen molar-refractivity contribution in [3.05, 3.63) is 0 Å². The number of halogens is 1. The van der Waals surface area contributed by atoms with E-state index in [1.54, 1.807) is 7.05 Å². The summed E-state index contributed by atoms with van der Waals surface area (Å²) in [5.74, 6) is 0. The average molecular weight is 238 g/mol. The Morgan fingerprint density at radius 2 is 2.00 bits per heavy atom. The van der Waals surface area contributed by atoms with Gasteiger partial charge in [0.1, 0.15) is 0 Å². The van der Waals surface area contributed by atoms with Crippen LogP contribution in [0.5, 0.6) is 0 Å². The number of aliphatic imine (C=N–C) groups is 2. The van der Waals surface area contributed by atoms with Crippen molar-refractivity contribution in [3.63, 3.8) is 0 Å². The Bertz CT molecular complexity index is 134. The number of hydrogen-bond donors (Lipinski definition) is 0. The molecule has 0 N–H and O–H groups in total. The van der Waals surface area contributed by atoms with Crippen LogP contribution in [0.25, 0.3) is 0 Å². The van der Waals surface area contributed by atoms with Gasteiger partial charge >= 0.3 is 0 Å². The van der Waals surface area contributed by atoms with E-state index in [1.165, 1.54) is 0 Å². The maximum Gasteiger partial charge on any atom is 0.0773 e. The van der Waals surface area contributed by atoms with E-state index >= 15 is 0 Å². The Labute approximate surface area is 69.6 Å². The maximum absolute atomic E-state index is 4.17. The number of rotatable bonds is 2. The van der Waals surface area contributed by atoms with Crippen LogP contribution >= 0.6 is 22.6 Å². The summed E-state index contributed by atoms with van der Waals surface area (Å²) in [5, 5.41) is 0. The van der Waals surface area contributed by atoms with E-state index in [0.717, 1.165) is 16.0 Å². The van der Waals surface area contributed by atoms with Crippen molar-refractivity contribution in [1.82, 2.24) is 0 Å². The molecule has 0 amide bonds. The van der Waals surface area contributed by atoms with Crippen LogP contribution in [0.2, 0.25) is 0 Å². The Hall–Kier alpha value is 0.0700. The predicted molar refractivity (Wildman–Crippen MR) is 51.0 cm³/mol. The molecule has 3 heteroatoms. The van der Waals surface area contributed by atoms with Crippen molar-refractivity contribution in [2.75, 3.05) is 13.6 Å². The van der Waals surface area contributed by atoms with E-state index in [1.807, 2.05) is 13.8 Å². The quantitative estimate of drug-likeness (QED) is 0.518. The molecule has 2 nitrogen and oxygen atoms in total. The van der Waals surface area contributed by atoms with Crippen molar-refractivity contribution < 1.29 is 0 Å². The minimum Gasteiger partial charge on any atom is -0.296 e. The van der Waals surface area contributed by atoms with E-state index in [9.17, 15) is 0 Å². The van der Waals surface area contributed by atoms with Gasteiger partial charge in [0, 0.05) is 12.8 Å². The fraction of sp³-hybridized carbons (Fsp3) is 0.667. The van der Waals surface area contributed by atoms with E-state index in [2.05, 4.69) is 32.6 Å². The van der Waals surface area contributed by atoms with Gasteiger partial charge in [-0.1, -0.05) is 0 Å². The van der Waals surface area contributed by atoms with Crippen LogP contribution in [0.1, 0.15) is 13.8 Å². The lowest BCUT2D eigenvalue weighted by Crippen LogP contribution is -1.96. The van der Waals surface area contributed by atoms with E-state index < -0.39 is 0 Å². The summed E-state index contributed by atoms with van der Waals surface area (Å²) in [7, 11) is 1.79. The van der Waals surface area contributed by atoms with Gasteiger partial charge in [0.25, 0.3) is 0 Å². The van der Waals surface area contributed by atoms with Crippen molar-refractivity contribution in [1.29, 1.82) is 0 Å². The molecule has 0 heterocycles. The van der Waals surface area contributed by atoms with Crippen LogP contribution in [-0.4, -0.2) is 23.0 Å². The average Bonchev–Trinajstić information content (AvgIpc) is 1.83. The lowest BCUT2D eigenvalue weighted by Gasteiger charge is -1.90. The summed E-state index contributed by atoms with van der Waals surface area (Å²) in [6.45, 7) is 4.69. The minimum absolute atomic E-state index is 0.741. The summed E-state index contributed by atoms with van der Waals surface area (Å²) in [4.78, 5) is 8.13. The zero-order valence-corrected chi connectivity index (χ0v) is 8.14. The molecule has 0 saturated carbocycles. The van der Waals surface area contributed by atoms with Crippen LogP contribution in [0, 0.1) is 0 Å². The highest BCUT2D eigenvalue weighted by Crippen LogP contribution is 1.88. The molecule has 0 rings (SSSR count). The van der Waals surface area contributed by atoms with Gasteiger partial charge in [-0.3, -0.25) is 9.98 Å². The smallest absolute Gasteiger partial charge is 0.0773 e.